The topological polar surface area (TPSA) is 24.6 Å². The Balaban J connectivity index is 2.02. The summed E-state index contributed by atoms with van der Waals surface area (Å²) in [4.78, 5) is 0. The Morgan fingerprint density at radius 3 is 2.71 bits per heavy atom. The quantitative estimate of drug-likeness (QED) is 0.814. The molecule has 0 unspecified atom stereocenters. The highest BCUT2D eigenvalue weighted by atomic mass is 19.1. The zero-order valence-corrected chi connectivity index (χ0v) is 10.7. The third-order valence-corrected chi connectivity index (χ3v) is 2.77. The smallest absolute Gasteiger partial charge is 0.123 e. The molecule has 1 fully saturated rings. The fraction of sp³-hybridized carbons (Fsp3) is 0.571. The van der Waals surface area contributed by atoms with Gasteiger partial charge in [-0.1, -0.05) is 12.1 Å². The highest BCUT2D eigenvalue weighted by Gasteiger charge is 2.34. The van der Waals surface area contributed by atoms with Crippen LogP contribution in [0.1, 0.15) is 26.3 Å². The van der Waals surface area contributed by atoms with Crippen molar-refractivity contribution in [3.05, 3.63) is 35.6 Å². The lowest BCUT2D eigenvalue weighted by molar-refractivity contribution is 0.286. The molecule has 1 aliphatic rings. The van der Waals surface area contributed by atoms with Crippen LogP contribution in [0.3, 0.4) is 0 Å². The normalized spacial score (nSPS) is 21.3. The summed E-state index contributed by atoms with van der Waals surface area (Å²) in [6.07, 6.45) is 1.08. The summed E-state index contributed by atoms with van der Waals surface area (Å²) in [6.45, 7) is 7.21. The maximum atomic E-state index is 13.1. The van der Waals surface area contributed by atoms with Crippen LogP contribution in [0, 0.1) is 5.82 Å². The van der Waals surface area contributed by atoms with Crippen LogP contribution in [0.4, 0.5) is 4.39 Å². The summed E-state index contributed by atoms with van der Waals surface area (Å²) < 4.78 is 18.5. The first-order valence-electron chi connectivity index (χ1n) is 6.08. The number of benzene rings is 1. The first-order valence-corrected chi connectivity index (χ1v) is 6.08. The monoisotopic (exact) mass is 237 g/mol. The van der Waals surface area contributed by atoms with Crippen LogP contribution in [-0.2, 0) is 11.2 Å². The zero-order chi connectivity index (χ0) is 12.5. The zero-order valence-electron chi connectivity index (χ0n) is 10.7. The Labute approximate surface area is 102 Å². The summed E-state index contributed by atoms with van der Waals surface area (Å²) in [5.74, 6) is -0.172. The number of epoxide rings is 1. The summed E-state index contributed by atoms with van der Waals surface area (Å²) in [6, 6.07) is 7.05. The number of hydrogen-bond acceptors (Lipinski definition) is 2. The molecule has 1 aromatic rings. The third-order valence-electron chi connectivity index (χ3n) is 2.77. The van der Waals surface area contributed by atoms with Gasteiger partial charge in [-0.05, 0) is 44.9 Å². The molecular weight excluding hydrogens is 217 g/mol. The Hall–Kier alpha value is -0.930. The maximum absolute atomic E-state index is 13.1. The van der Waals surface area contributed by atoms with Gasteiger partial charge >= 0.3 is 0 Å². The second kappa shape index (κ2) is 4.75. The molecule has 2 atom stereocenters. The van der Waals surface area contributed by atoms with E-state index >= 15 is 0 Å². The molecule has 17 heavy (non-hydrogen) atoms. The number of hydrogen-bond donors (Lipinski definition) is 1. The Kier molecular flexibility index (Phi) is 3.50. The van der Waals surface area contributed by atoms with E-state index in [9.17, 15) is 4.39 Å². The van der Waals surface area contributed by atoms with E-state index in [2.05, 4.69) is 26.1 Å². The third kappa shape index (κ3) is 4.10. The Bertz CT molecular complexity index is 382. The van der Waals surface area contributed by atoms with E-state index in [0.29, 0.717) is 0 Å². The molecule has 0 aliphatic carbocycles. The highest BCUT2D eigenvalue weighted by Crippen LogP contribution is 2.20. The molecule has 0 aromatic heterocycles. The first-order chi connectivity index (χ1) is 7.94. The lowest BCUT2D eigenvalue weighted by Gasteiger charge is -2.27. The van der Waals surface area contributed by atoms with Crippen molar-refractivity contribution in [3.63, 3.8) is 0 Å². The predicted octanol–water partition coefficient (Wildman–Crippen LogP) is 2.52. The molecule has 0 amide bonds. The van der Waals surface area contributed by atoms with Gasteiger partial charge in [0.05, 0.1) is 12.7 Å². The largest absolute Gasteiger partial charge is 0.371 e. The van der Waals surface area contributed by atoms with Gasteiger partial charge < -0.3 is 10.1 Å². The van der Waals surface area contributed by atoms with Crippen molar-refractivity contribution < 1.29 is 9.13 Å². The molecule has 1 aromatic carbocycles. The molecule has 0 bridgehead atoms. The minimum atomic E-state index is -0.172. The van der Waals surface area contributed by atoms with Crippen LogP contribution in [0.5, 0.6) is 0 Å². The van der Waals surface area contributed by atoms with E-state index in [4.69, 9.17) is 4.74 Å². The molecule has 1 aliphatic heterocycles. The van der Waals surface area contributed by atoms with E-state index in [-0.39, 0.29) is 23.5 Å². The van der Waals surface area contributed by atoms with E-state index in [1.54, 1.807) is 12.1 Å². The first kappa shape index (κ1) is 12.5. The second-order valence-electron chi connectivity index (χ2n) is 5.71. The summed E-state index contributed by atoms with van der Waals surface area (Å²) in [5.41, 5.74) is 1.06. The van der Waals surface area contributed by atoms with Gasteiger partial charge in [-0.2, -0.15) is 0 Å². The second-order valence-corrected chi connectivity index (χ2v) is 5.71. The molecule has 1 saturated heterocycles. The minimum absolute atomic E-state index is 0.0456. The average molecular weight is 237 g/mol. The molecule has 94 valence electrons. The van der Waals surface area contributed by atoms with E-state index in [1.165, 1.54) is 6.07 Å². The SMILES string of the molecule is CC(C)(C)N[C@@H](Cc1cccc(F)c1)[C@H]1CO1. The van der Waals surface area contributed by atoms with Gasteiger partial charge in [-0.25, -0.2) is 4.39 Å². The predicted molar refractivity (Wildman–Crippen MR) is 66.5 cm³/mol. The molecule has 1 heterocycles. The Morgan fingerprint density at radius 2 is 2.18 bits per heavy atom. The fourth-order valence-corrected chi connectivity index (χ4v) is 2.04. The standard InChI is InChI=1S/C14H20FNO/c1-14(2,3)16-12(13-9-17-13)8-10-5-4-6-11(15)7-10/h4-7,12-13,16H,8-9H2,1-3H3/t12-,13+/m0/s1. The Morgan fingerprint density at radius 1 is 1.47 bits per heavy atom. The lowest BCUT2D eigenvalue weighted by atomic mass is 9.99. The van der Waals surface area contributed by atoms with Crippen molar-refractivity contribution in [3.8, 4) is 0 Å². The van der Waals surface area contributed by atoms with Gasteiger partial charge in [0.15, 0.2) is 0 Å². The minimum Gasteiger partial charge on any atom is -0.371 e. The summed E-state index contributed by atoms with van der Waals surface area (Å²) in [7, 11) is 0. The van der Waals surface area contributed by atoms with Crippen molar-refractivity contribution in [2.75, 3.05) is 6.61 Å². The molecule has 1 N–H and O–H groups in total. The van der Waals surface area contributed by atoms with Gasteiger partial charge in [0, 0.05) is 11.6 Å². The lowest BCUT2D eigenvalue weighted by Crippen LogP contribution is -2.47. The van der Waals surface area contributed by atoms with E-state index in [1.807, 2.05) is 6.07 Å². The van der Waals surface area contributed by atoms with Gasteiger partial charge in [-0.3, -0.25) is 0 Å². The highest BCUT2D eigenvalue weighted by molar-refractivity contribution is 5.18. The summed E-state index contributed by atoms with van der Waals surface area (Å²) >= 11 is 0. The van der Waals surface area contributed by atoms with Gasteiger partial charge in [0.25, 0.3) is 0 Å². The van der Waals surface area contributed by atoms with Crippen LogP contribution in [0.25, 0.3) is 0 Å². The van der Waals surface area contributed by atoms with Gasteiger partial charge in [0.2, 0.25) is 0 Å². The van der Waals surface area contributed by atoms with Crippen LogP contribution in [0.15, 0.2) is 24.3 Å². The van der Waals surface area contributed by atoms with Crippen molar-refractivity contribution in [1.82, 2.24) is 5.32 Å². The van der Waals surface area contributed by atoms with E-state index in [0.717, 1.165) is 18.6 Å². The van der Waals surface area contributed by atoms with Crippen molar-refractivity contribution in [1.29, 1.82) is 0 Å². The molecular formula is C14H20FNO. The number of halogens is 1. The molecule has 2 nitrogen and oxygen atoms in total. The van der Waals surface area contributed by atoms with Gasteiger partial charge in [-0.15, -0.1) is 0 Å². The fourth-order valence-electron chi connectivity index (χ4n) is 2.04. The maximum Gasteiger partial charge on any atom is 0.123 e. The van der Waals surface area contributed by atoms with Crippen molar-refractivity contribution in [2.24, 2.45) is 0 Å². The van der Waals surface area contributed by atoms with Crippen molar-refractivity contribution >= 4 is 0 Å². The van der Waals surface area contributed by atoms with E-state index < -0.39 is 0 Å². The van der Waals surface area contributed by atoms with Crippen LogP contribution < -0.4 is 5.32 Å². The van der Waals surface area contributed by atoms with Gasteiger partial charge in [0.1, 0.15) is 5.82 Å². The molecule has 0 radical (unpaired) electrons. The van der Waals surface area contributed by atoms with Crippen LogP contribution in [0.2, 0.25) is 0 Å². The molecule has 0 spiro atoms. The number of ether oxygens (including phenoxy) is 1. The number of rotatable bonds is 4. The van der Waals surface area contributed by atoms with Crippen molar-refractivity contribution in [2.45, 2.75) is 44.9 Å². The van der Waals surface area contributed by atoms with Crippen LogP contribution in [-0.4, -0.2) is 24.3 Å². The van der Waals surface area contributed by atoms with Crippen LogP contribution >= 0.6 is 0 Å². The summed E-state index contributed by atoms with van der Waals surface area (Å²) in [5, 5.41) is 3.54. The number of nitrogens with one attached hydrogen (secondary N) is 1. The molecule has 0 saturated carbocycles. The molecule has 2 rings (SSSR count). The molecule has 3 heteroatoms. The average Bonchev–Trinajstić information content (AvgIpc) is 2.97.